The number of anilines is 1. The Bertz CT molecular complexity index is 346. The highest BCUT2D eigenvalue weighted by Crippen LogP contribution is 2.35. The second kappa shape index (κ2) is 3.20. The van der Waals surface area contributed by atoms with E-state index in [-0.39, 0.29) is 5.41 Å². The molecule has 3 N–H and O–H groups in total. The summed E-state index contributed by atoms with van der Waals surface area (Å²) in [6.07, 6.45) is 3.49. The molecule has 2 rings (SSSR count). The van der Waals surface area contributed by atoms with Gasteiger partial charge >= 0.3 is 0 Å². The van der Waals surface area contributed by atoms with Crippen LogP contribution >= 0.6 is 0 Å². The lowest BCUT2D eigenvalue weighted by atomic mass is 9.76. The number of rotatable bonds is 1. The van der Waals surface area contributed by atoms with Crippen LogP contribution in [0.25, 0.3) is 0 Å². The van der Waals surface area contributed by atoms with Crippen molar-refractivity contribution in [1.29, 1.82) is 0 Å². The van der Waals surface area contributed by atoms with E-state index in [1.54, 1.807) is 0 Å². The van der Waals surface area contributed by atoms with Crippen LogP contribution < -0.4 is 11.3 Å². The van der Waals surface area contributed by atoms with Crippen LogP contribution in [0.15, 0.2) is 6.07 Å². The van der Waals surface area contributed by atoms with Crippen LogP contribution in [0.2, 0.25) is 0 Å². The van der Waals surface area contributed by atoms with Crippen molar-refractivity contribution in [3.8, 4) is 0 Å². The Labute approximate surface area is 83.9 Å². The normalized spacial score (nSPS) is 18.8. The average molecular weight is 192 g/mol. The van der Waals surface area contributed by atoms with E-state index in [9.17, 15) is 0 Å². The van der Waals surface area contributed by atoms with Crippen LogP contribution in [-0.4, -0.2) is 10.2 Å². The van der Waals surface area contributed by atoms with Gasteiger partial charge in [-0.3, -0.25) is 0 Å². The number of hydrogen-bond donors (Lipinski definition) is 2. The molecule has 1 aromatic rings. The van der Waals surface area contributed by atoms with Gasteiger partial charge in [0.15, 0.2) is 5.82 Å². The van der Waals surface area contributed by atoms with Crippen LogP contribution in [0.3, 0.4) is 0 Å². The van der Waals surface area contributed by atoms with Gasteiger partial charge in [-0.05, 0) is 30.9 Å². The minimum atomic E-state index is 0.160. The maximum atomic E-state index is 5.30. The molecular weight excluding hydrogens is 176 g/mol. The Morgan fingerprint density at radius 1 is 1.43 bits per heavy atom. The minimum Gasteiger partial charge on any atom is -0.307 e. The van der Waals surface area contributed by atoms with Gasteiger partial charge in [0, 0.05) is 5.41 Å². The molecule has 0 fully saturated rings. The standard InChI is InChI=1S/C10H16N4/c1-10(2)5-3-4-7-6-8(12-11)13-14-9(7)10/h6H,3-5,11H2,1-2H3,(H,12,13). The molecule has 0 atom stereocenters. The van der Waals surface area contributed by atoms with Gasteiger partial charge in [-0.15, -0.1) is 5.10 Å². The predicted molar refractivity (Wildman–Crippen MR) is 55.8 cm³/mol. The molecule has 0 saturated carbocycles. The van der Waals surface area contributed by atoms with Gasteiger partial charge < -0.3 is 5.43 Å². The molecule has 4 heteroatoms. The van der Waals surface area contributed by atoms with Crippen LogP contribution in [0.5, 0.6) is 0 Å². The summed E-state index contributed by atoms with van der Waals surface area (Å²) in [5, 5.41) is 8.27. The van der Waals surface area contributed by atoms with Crippen molar-refractivity contribution in [1.82, 2.24) is 10.2 Å². The number of nitrogen functional groups attached to an aromatic ring is 1. The van der Waals surface area contributed by atoms with E-state index in [0.717, 1.165) is 12.1 Å². The van der Waals surface area contributed by atoms with Crippen molar-refractivity contribution >= 4 is 5.82 Å². The summed E-state index contributed by atoms with van der Waals surface area (Å²) >= 11 is 0. The van der Waals surface area contributed by atoms with E-state index >= 15 is 0 Å². The van der Waals surface area contributed by atoms with Crippen molar-refractivity contribution in [3.63, 3.8) is 0 Å². The first-order valence-electron chi connectivity index (χ1n) is 4.97. The molecule has 0 unspecified atom stereocenters. The van der Waals surface area contributed by atoms with Crippen molar-refractivity contribution in [2.24, 2.45) is 5.84 Å². The Kier molecular flexibility index (Phi) is 2.15. The summed E-state index contributed by atoms with van der Waals surface area (Å²) in [4.78, 5) is 0. The summed E-state index contributed by atoms with van der Waals surface area (Å²) in [7, 11) is 0. The van der Waals surface area contributed by atoms with Crippen molar-refractivity contribution < 1.29 is 0 Å². The van der Waals surface area contributed by atoms with Crippen LogP contribution in [0.4, 0.5) is 5.82 Å². The molecule has 1 aliphatic rings. The van der Waals surface area contributed by atoms with Crippen LogP contribution in [-0.2, 0) is 11.8 Å². The number of aromatic nitrogens is 2. The molecule has 0 aromatic carbocycles. The second-order valence-electron chi connectivity index (χ2n) is 4.49. The predicted octanol–water partition coefficient (Wildman–Crippen LogP) is 1.38. The number of nitrogens with two attached hydrogens (primary N) is 1. The Morgan fingerprint density at radius 2 is 2.21 bits per heavy atom. The molecule has 14 heavy (non-hydrogen) atoms. The molecule has 1 aliphatic carbocycles. The molecule has 76 valence electrons. The van der Waals surface area contributed by atoms with E-state index < -0.39 is 0 Å². The van der Waals surface area contributed by atoms with Gasteiger partial charge in [0.1, 0.15) is 0 Å². The molecule has 0 bridgehead atoms. The number of aryl methyl sites for hydroxylation is 1. The number of nitrogens with zero attached hydrogens (tertiary/aromatic N) is 2. The first kappa shape index (κ1) is 9.40. The Balaban J connectivity index is 2.46. The van der Waals surface area contributed by atoms with Crippen LogP contribution in [0, 0.1) is 0 Å². The topological polar surface area (TPSA) is 63.8 Å². The van der Waals surface area contributed by atoms with E-state index in [1.807, 2.05) is 6.07 Å². The SMILES string of the molecule is CC1(C)CCCc2cc(NN)nnc21. The molecule has 0 radical (unpaired) electrons. The van der Waals surface area contributed by atoms with E-state index in [1.165, 1.54) is 18.4 Å². The molecule has 0 aliphatic heterocycles. The average Bonchev–Trinajstić information content (AvgIpc) is 2.16. The highest BCUT2D eigenvalue weighted by atomic mass is 15.3. The third-order valence-corrected chi connectivity index (χ3v) is 2.91. The monoisotopic (exact) mass is 192 g/mol. The highest BCUT2D eigenvalue weighted by Gasteiger charge is 2.29. The summed E-state index contributed by atoms with van der Waals surface area (Å²) in [6.45, 7) is 4.43. The molecule has 1 heterocycles. The minimum absolute atomic E-state index is 0.160. The fourth-order valence-corrected chi connectivity index (χ4v) is 2.10. The first-order chi connectivity index (χ1) is 6.63. The van der Waals surface area contributed by atoms with Gasteiger partial charge in [0.2, 0.25) is 0 Å². The maximum absolute atomic E-state index is 5.30. The van der Waals surface area contributed by atoms with E-state index in [2.05, 4.69) is 29.5 Å². The maximum Gasteiger partial charge on any atom is 0.162 e. The van der Waals surface area contributed by atoms with Crippen LogP contribution in [0.1, 0.15) is 37.9 Å². The molecule has 0 saturated heterocycles. The lowest BCUT2D eigenvalue weighted by molar-refractivity contribution is 0.413. The number of nitrogens with one attached hydrogen (secondary N) is 1. The zero-order chi connectivity index (χ0) is 10.2. The smallest absolute Gasteiger partial charge is 0.162 e. The third-order valence-electron chi connectivity index (χ3n) is 2.91. The Morgan fingerprint density at radius 3 is 2.93 bits per heavy atom. The zero-order valence-electron chi connectivity index (χ0n) is 8.67. The Hall–Kier alpha value is -1.16. The highest BCUT2D eigenvalue weighted by molar-refractivity contribution is 5.40. The fraction of sp³-hybridized carbons (Fsp3) is 0.600. The number of hydrazine groups is 1. The van der Waals surface area contributed by atoms with E-state index in [4.69, 9.17) is 5.84 Å². The zero-order valence-corrected chi connectivity index (χ0v) is 8.67. The quantitative estimate of drug-likeness (QED) is 0.521. The third kappa shape index (κ3) is 1.46. The number of fused-ring (bicyclic) bond motifs is 1. The lowest BCUT2D eigenvalue weighted by Gasteiger charge is -2.30. The second-order valence-corrected chi connectivity index (χ2v) is 4.49. The number of hydrogen-bond acceptors (Lipinski definition) is 4. The largest absolute Gasteiger partial charge is 0.307 e. The van der Waals surface area contributed by atoms with Gasteiger partial charge in [-0.25, -0.2) is 5.84 Å². The van der Waals surface area contributed by atoms with Crippen molar-refractivity contribution in [2.75, 3.05) is 5.43 Å². The van der Waals surface area contributed by atoms with Gasteiger partial charge in [-0.2, -0.15) is 5.10 Å². The van der Waals surface area contributed by atoms with E-state index in [0.29, 0.717) is 5.82 Å². The van der Waals surface area contributed by atoms with Gasteiger partial charge in [0.25, 0.3) is 0 Å². The summed E-state index contributed by atoms with van der Waals surface area (Å²) < 4.78 is 0. The summed E-state index contributed by atoms with van der Waals surface area (Å²) in [5.41, 5.74) is 5.10. The van der Waals surface area contributed by atoms with Gasteiger partial charge in [0.05, 0.1) is 5.69 Å². The van der Waals surface area contributed by atoms with Crippen molar-refractivity contribution in [2.45, 2.75) is 38.5 Å². The molecule has 0 spiro atoms. The lowest BCUT2D eigenvalue weighted by Crippen LogP contribution is -2.26. The molecule has 0 amide bonds. The summed E-state index contributed by atoms with van der Waals surface area (Å²) in [6, 6.07) is 2.00. The molecule has 1 aromatic heterocycles. The van der Waals surface area contributed by atoms with Gasteiger partial charge in [-0.1, -0.05) is 13.8 Å². The summed E-state index contributed by atoms with van der Waals surface area (Å²) in [5.74, 6) is 5.95. The first-order valence-corrected chi connectivity index (χ1v) is 4.97. The fourth-order valence-electron chi connectivity index (χ4n) is 2.10. The molecular formula is C10H16N4. The molecule has 4 nitrogen and oxygen atoms in total. The van der Waals surface area contributed by atoms with Crippen molar-refractivity contribution in [3.05, 3.63) is 17.3 Å².